The van der Waals surface area contributed by atoms with E-state index in [-0.39, 0.29) is 17.3 Å². The summed E-state index contributed by atoms with van der Waals surface area (Å²) in [5.41, 5.74) is 1.43. The van der Waals surface area contributed by atoms with Crippen LogP contribution in [0, 0.1) is 0 Å². The fraction of sp³-hybridized carbons (Fsp3) is 0.200. The number of phenolic OH excluding ortho intramolecular Hbond substituents is 1. The molecule has 0 unspecified atom stereocenters. The predicted molar refractivity (Wildman–Crippen MR) is 91.5 cm³/mol. The number of fused-ring (bicyclic) bond motifs is 1. The van der Waals surface area contributed by atoms with Gasteiger partial charge in [0.15, 0.2) is 0 Å². The highest BCUT2D eigenvalue weighted by atomic mass is 32.1. The van der Waals surface area contributed by atoms with Gasteiger partial charge in [-0.1, -0.05) is 0 Å². The second kappa shape index (κ2) is 6.40. The minimum absolute atomic E-state index is 0.00444. The zero-order chi connectivity index (χ0) is 18.1. The lowest BCUT2D eigenvalue weighted by Gasteiger charge is -2.12. The number of nitrogens with zero attached hydrogens (tertiary/aromatic N) is 2. The van der Waals surface area contributed by atoms with Gasteiger partial charge in [-0.25, -0.2) is 9.31 Å². The van der Waals surface area contributed by atoms with E-state index < -0.39 is 6.09 Å². The van der Waals surface area contributed by atoms with Crippen LogP contribution in [0.2, 0.25) is 0 Å². The van der Waals surface area contributed by atoms with Crippen LogP contribution in [0.15, 0.2) is 17.5 Å². The Morgan fingerprint density at radius 1 is 1.20 bits per heavy atom. The summed E-state index contributed by atoms with van der Waals surface area (Å²) in [7, 11) is 4.35. The number of carbonyl (C=O) groups is 1. The molecule has 0 saturated carbocycles. The van der Waals surface area contributed by atoms with Crippen molar-refractivity contribution in [3.05, 3.63) is 17.5 Å². The zero-order valence-electron chi connectivity index (χ0n) is 13.6. The Kier molecular flexibility index (Phi) is 4.28. The zero-order valence-corrected chi connectivity index (χ0v) is 14.4. The van der Waals surface area contributed by atoms with Gasteiger partial charge >= 0.3 is 6.09 Å². The number of ether oxygens (including phenoxy) is 3. The van der Waals surface area contributed by atoms with Gasteiger partial charge in [-0.05, 0) is 0 Å². The molecule has 0 spiro atoms. The van der Waals surface area contributed by atoms with E-state index in [0.717, 1.165) is 0 Å². The number of benzene rings is 1. The van der Waals surface area contributed by atoms with Crippen molar-refractivity contribution in [2.24, 2.45) is 0 Å². The molecule has 0 bridgehead atoms. The topological polar surface area (TPSA) is 115 Å². The Bertz CT molecular complexity index is 923. The Morgan fingerprint density at radius 3 is 2.36 bits per heavy atom. The molecular formula is C15H15N3O6S. The molecule has 0 atom stereocenters. The Balaban J connectivity index is 2.28. The predicted octanol–water partition coefficient (Wildman–Crippen LogP) is 2.88. The van der Waals surface area contributed by atoms with Crippen molar-refractivity contribution in [3.63, 3.8) is 0 Å². The Morgan fingerprint density at radius 2 is 1.84 bits per heavy atom. The molecule has 0 fully saturated rings. The quantitative estimate of drug-likeness (QED) is 0.637. The van der Waals surface area contributed by atoms with Gasteiger partial charge in [-0.15, -0.1) is 16.4 Å². The van der Waals surface area contributed by atoms with Crippen LogP contribution in [-0.4, -0.2) is 47.2 Å². The highest BCUT2D eigenvalue weighted by molar-refractivity contribution is 7.16. The number of thiazole rings is 1. The van der Waals surface area contributed by atoms with Crippen molar-refractivity contribution in [3.8, 4) is 34.4 Å². The summed E-state index contributed by atoms with van der Waals surface area (Å²) in [6, 6.07) is 2.91. The summed E-state index contributed by atoms with van der Waals surface area (Å²) >= 11 is 1.28. The largest absolute Gasteiger partial charge is 0.508 e. The van der Waals surface area contributed by atoms with Crippen LogP contribution in [0.25, 0.3) is 16.1 Å². The number of carboxylic acid groups (broad SMARTS) is 1. The molecule has 132 valence electrons. The van der Waals surface area contributed by atoms with E-state index in [1.807, 2.05) is 0 Å². The molecule has 0 aliphatic rings. The number of amides is 1. The van der Waals surface area contributed by atoms with Gasteiger partial charge in [0.1, 0.15) is 27.8 Å². The van der Waals surface area contributed by atoms with Crippen LogP contribution in [0.3, 0.4) is 0 Å². The smallest absolute Gasteiger partial charge is 0.409 e. The van der Waals surface area contributed by atoms with Crippen LogP contribution in [-0.2, 0) is 0 Å². The number of methoxy groups -OCH3 is 3. The average molecular weight is 365 g/mol. The molecule has 3 rings (SSSR count). The number of nitrogens with one attached hydrogen (secondary N) is 1. The van der Waals surface area contributed by atoms with E-state index in [1.54, 1.807) is 5.38 Å². The minimum Gasteiger partial charge on any atom is -0.508 e. The monoisotopic (exact) mass is 365 g/mol. The third-order valence-electron chi connectivity index (χ3n) is 3.49. The highest BCUT2D eigenvalue weighted by Crippen LogP contribution is 2.44. The molecule has 1 aromatic carbocycles. The second-order valence-electron chi connectivity index (χ2n) is 4.88. The molecule has 0 saturated heterocycles. The van der Waals surface area contributed by atoms with E-state index in [9.17, 15) is 9.90 Å². The van der Waals surface area contributed by atoms with Gasteiger partial charge in [0, 0.05) is 17.5 Å². The van der Waals surface area contributed by atoms with Gasteiger partial charge in [-0.3, -0.25) is 5.32 Å². The molecule has 25 heavy (non-hydrogen) atoms. The molecule has 10 heteroatoms. The van der Waals surface area contributed by atoms with E-state index >= 15 is 0 Å². The summed E-state index contributed by atoms with van der Waals surface area (Å²) in [5, 5.41) is 27.2. The number of aromatic hydroxyl groups is 1. The summed E-state index contributed by atoms with van der Waals surface area (Å²) in [5.74, 6) is 0.917. The Hall–Kier alpha value is -3.14. The van der Waals surface area contributed by atoms with Crippen LogP contribution >= 0.6 is 11.3 Å². The first kappa shape index (κ1) is 16.7. The van der Waals surface area contributed by atoms with E-state index in [1.165, 1.54) is 49.3 Å². The SMILES string of the molecule is COc1cc(O)cc(OC)c1-c1csc2c(NC(=O)O)c(OC)nn12. The first-order chi connectivity index (χ1) is 12.0. The third-order valence-corrected chi connectivity index (χ3v) is 4.43. The average Bonchev–Trinajstić information content (AvgIpc) is 3.13. The molecule has 0 aliphatic carbocycles. The van der Waals surface area contributed by atoms with Crippen molar-refractivity contribution < 1.29 is 29.2 Å². The van der Waals surface area contributed by atoms with Gasteiger partial charge in [-0.2, -0.15) is 0 Å². The lowest BCUT2D eigenvalue weighted by molar-refractivity contribution is 0.209. The first-order valence-corrected chi connectivity index (χ1v) is 7.87. The molecule has 9 nitrogen and oxygen atoms in total. The van der Waals surface area contributed by atoms with Gasteiger partial charge in [0.2, 0.25) is 0 Å². The molecule has 1 amide bonds. The molecule has 0 aliphatic heterocycles. The van der Waals surface area contributed by atoms with Crippen LogP contribution < -0.4 is 19.5 Å². The van der Waals surface area contributed by atoms with Gasteiger partial charge in [0.25, 0.3) is 5.88 Å². The van der Waals surface area contributed by atoms with E-state index in [0.29, 0.717) is 27.6 Å². The summed E-state index contributed by atoms with van der Waals surface area (Å²) in [4.78, 5) is 11.6. The molecular weight excluding hydrogens is 350 g/mol. The number of phenols is 1. The van der Waals surface area contributed by atoms with E-state index in [4.69, 9.17) is 19.3 Å². The lowest BCUT2D eigenvalue weighted by atomic mass is 10.1. The fourth-order valence-electron chi connectivity index (χ4n) is 2.49. The summed E-state index contributed by atoms with van der Waals surface area (Å²) in [6.07, 6.45) is -1.22. The number of anilines is 1. The number of hydrogen-bond donors (Lipinski definition) is 3. The van der Waals surface area contributed by atoms with Crippen molar-refractivity contribution >= 4 is 27.9 Å². The standard InChI is InChI=1S/C15H15N3O6S/c1-22-9-4-7(19)5-10(23-2)11(9)8-6-25-14-12(16-15(20)21)13(24-3)17-18(8)14/h4-6,16,19H,1-3H3,(H,20,21). The second-order valence-corrected chi connectivity index (χ2v) is 5.74. The van der Waals surface area contributed by atoms with Crippen LogP contribution in [0.4, 0.5) is 10.5 Å². The highest BCUT2D eigenvalue weighted by Gasteiger charge is 2.24. The molecule has 3 aromatic rings. The number of aromatic nitrogens is 2. The molecule has 2 heterocycles. The van der Waals surface area contributed by atoms with Crippen LogP contribution in [0.5, 0.6) is 23.1 Å². The molecule has 3 N–H and O–H groups in total. The summed E-state index contributed by atoms with van der Waals surface area (Å²) < 4.78 is 17.4. The first-order valence-electron chi connectivity index (χ1n) is 6.99. The number of hydrogen-bond acceptors (Lipinski definition) is 7. The third kappa shape index (κ3) is 2.76. The van der Waals surface area contributed by atoms with Crippen LogP contribution in [0.1, 0.15) is 0 Å². The van der Waals surface area contributed by atoms with Crippen molar-refractivity contribution in [2.45, 2.75) is 0 Å². The molecule has 0 radical (unpaired) electrons. The van der Waals surface area contributed by atoms with Gasteiger partial charge in [0.05, 0.1) is 32.6 Å². The normalized spacial score (nSPS) is 10.7. The summed E-state index contributed by atoms with van der Waals surface area (Å²) in [6.45, 7) is 0. The maximum atomic E-state index is 11.0. The van der Waals surface area contributed by atoms with Crippen molar-refractivity contribution in [1.82, 2.24) is 9.61 Å². The lowest BCUT2D eigenvalue weighted by Crippen LogP contribution is -2.07. The number of rotatable bonds is 5. The maximum Gasteiger partial charge on any atom is 0.409 e. The molecule has 2 aromatic heterocycles. The maximum absolute atomic E-state index is 11.0. The Labute approximate surface area is 146 Å². The van der Waals surface area contributed by atoms with E-state index in [2.05, 4.69) is 10.4 Å². The van der Waals surface area contributed by atoms with Crippen molar-refractivity contribution in [1.29, 1.82) is 0 Å². The fourth-order valence-corrected chi connectivity index (χ4v) is 3.43. The van der Waals surface area contributed by atoms with Crippen molar-refractivity contribution in [2.75, 3.05) is 26.6 Å². The van der Waals surface area contributed by atoms with Gasteiger partial charge < -0.3 is 24.4 Å². The minimum atomic E-state index is -1.22.